The number of quaternary nitrogens is 1. The molecule has 0 aromatic rings. The Morgan fingerprint density at radius 3 is 1.40 bits per heavy atom. The highest BCUT2D eigenvalue weighted by Gasteiger charge is 1.88. The number of hydrogen-bond donors (Lipinski definition) is 1. The van der Waals surface area contributed by atoms with E-state index in [-0.39, 0.29) is 0 Å². The molecule has 0 bridgehead atoms. The Labute approximate surface area is 61.5 Å². The second-order valence-electron chi connectivity index (χ2n) is 3.27. The molecule has 0 spiro atoms. The van der Waals surface area contributed by atoms with Crippen molar-refractivity contribution in [3.8, 4) is 0 Å². The summed E-state index contributed by atoms with van der Waals surface area (Å²) in [6, 6.07) is 0. The summed E-state index contributed by atoms with van der Waals surface area (Å²) >= 11 is 0. The third kappa shape index (κ3) is 156. The first-order valence-corrected chi connectivity index (χ1v) is 2.88. The van der Waals surface area contributed by atoms with E-state index in [2.05, 4.69) is 33.1 Å². The largest absolute Gasteiger partial charge is 0.339 e. The monoisotopic (exact) mass is 150 g/mol. The zero-order chi connectivity index (χ0) is 8.78. The molecule has 0 aliphatic heterocycles. The lowest BCUT2D eigenvalue weighted by atomic mass is 10.8. The first-order chi connectivity index (χ1) is 4.27. The van der Waals surface area contributed by atoms with E-state index >= 15 is 0 Å². The second-order valence-corrected chi connectivity index (χ2v) is 3.27. The van der Waals surface area contributed by atoms with Gasteiger partial charge in [-0.1, -0.05) is 0 Å². The van der Waals surface area contributed by atoms with Crippen molar-refractivity contribution in [3.05, 3.63) is 0 Å². The predicted octanol–water partition coefficient (Wildman–Crippen LogP) is 0.345. The molecule has 0 rings (SSSR count). The Morgan fingerprint density at radius 1 is 1.30 bits per heavy atom. The molecule has 0 aromatic carbocycles. The molecule has 10 heavy (non-hydrogen) atoms. The van der Waals surface area contributed by atoms with Crippen molar-refractivity contribution in [2.24, 2.45) is 0 Å². The summed E-state index contributed by atoms with van der Waals surface area (Å²) in [7, 11) is 8.50. The predicted molar refractivity (Wildman–Crippen MR) is 38.4 cm³/mol. The molecule has 0 heterocycles. The van der Waals surface area contributed by atoms with E-state index in [1.807, 2.05) is 0 Å². The zero-order valence-electron chi connectivity index (χ0n) is 7.21. The molecule has 4 nitrogen and oxygen atoms in total. The minimum Gasteiger partial charge on any atom is -0.333 e. The van der Waals surface area contributed by atoms with Gasteiger partial charge in [-0.05, 0) is 0 Å². The Hall–Kier alpha value is -0.610. The molecule has 0 aliphatic carbocycles. The average molecular weight is 150 g/mol. The van der Waals surface area contributed by atoms with Crippen LogP contribution in [0.3, 0.4) is 0 Å². The quantitative estimate of drug-likeness (QED) is 0.308. The van der Waals surface area contributed by atoms with Gasteiger partial charge in [0, 0.05) is 6.92 Å². The van der Waals surface area contributed by atoms with Gasteiger partial charge in [0.15, 0.2) is 0 Å². The van der Waals surface area contributed by atoms with Crippen LogP contribution in [0.2, 0.25) is 0 Å². The van der Waals surface area contributed by atoms with Crippen LogP contribution in [0, 0.1) is 0 Å². The first kappa shape index (κ1) is 12.1. The van der Waals surface area contributed by atoms with Crippen molar-refractivity contribution in [2.45, 2.75) is 6.92 Å². The summed E-state index contributed by atoms with van der Waals surface area (Å²) in [5, 5.41) is 7.29. The topological polar surface area (TPSA) is 46.5 Å². The molecule has 62 valence electrons. The normalized spacial score (nSPS) is 9.40. The minimum absolute atomic E-state index is 0.690. The maximum Gasteiger partial charge on any atom is 0.339 e. The van der Waals surface area contributed by atoms with Crippen LogP contribution in [0.1, 0.15) is 6.92 Å². The van der Waals surface area contributed by atoms with Crippen LogP contribution in [0.15, 0.2) is 0 Å². The highest BCUT2D eigenvalue weighted by atomic mass is 17.1. The first-order valence-electron chi connectivity index (χ1n) is 2.88. The van der Waals surface area contributed by atoms with Crippen molar-refractivity contribution in [1.82, 2.24) is 0 Å². The fourth-order valence-electron chi connectivity index (χ4n) is 0. The minimum atomic E-state index is -0.690. The maximum atomic E-state index is 9.34. The van der Waals surface area contributed by atoms with E-state index in [0.29, 0.717) is 0 Å². The smallest absolute Gasteiger partial charge is 0.333 e. The van der Waals surface area contributed by atoms with E-state index in [1.165, 1.54) is 0 Å². The SMILES string of the molecule is CC(=O)OO.C[N+](C)(C)C. The molecular formula is C6H16NO3+. The van der Waals surface area contributed by atoms with Gasteiger partial charge in [0.25, 0.3) is 0 Å². The standard InChI is InChI=1S/C4H12N.C2H4O3/c1-5(2,3)4;1-2(3)5-4/h1-4H3;4H,1H3/q+1;. The van der Waals surface area contributed by atoms with Gasteiger partial charge < -0.3 is 9.37 Å². The van der Waals surface area contributed by atoms with Crippen molar-refractivity contribution in [2.75, 3.05) is 28.2 Å². The van der Waals surface area contributed by atoms with E-state index in [0.717, 1.165) is 11.4 Å². The average Bonchev–Trinajstić information content (AvgIpc) is 1.61. The lowest BCUT2D eigenvalue weighted by Crippen LogP contribution is -2.27. The molecule has 1 N–H and O–H groups in total. The third-order valence-electron chi connectivity index (χ3n) is 0.129. The van der Waals surface area contributed by atoms with Gasteiger partial charge in [0.05, 0.1) is 28.2 Å². The van der Waals surface area contributed by atoms with E-state index in [4.69, 9.17) is 5.26 Å². The van der Waals surface area contributed by atoms with Crippen molar-refractivity contribution in [1.29, 1.82) is 0 Å². The third-order valence-corrected chi connectivity index (χ3v) is 0.129. The number of carbonyl (C=O) groups is 1. The zero-order valence-corrected chi connectivity index (χ0v) is 7.21. The van der Waals surface area contributed by atoms with Gasteiger partial charge in [-0.25, -0.2) is 4.79 Å². The van der Waals surface area contributed by atoms with Crippen LogP contribution in [0.5, 0.6) is 0 Å². The van der Waals surface area contributed by atoms with Gasteiger partial charge >= 0.3 is 5.97 Å². The second kappa shape index (κ2) is 5.20. The molecule has 0 aliphatic rings. The summed E-state index contributed by atoms with van der Waals surface area (Å²) in [5.41, 5.74) is 0. The van der Waals surface area contributed by atoms with E-state index in [1.54, 1.807) is 0 Å². The van der Waals surface area contributed by atoms with Crippen molar-refractivity contribution < 1.29 is 19.4 Å². The van der Waals surface area contributed by atoms with Crippen LogP contribution in [0.25, 0.3) is 0 Å². The van der Waals surface area contributed by atoms with Crippen LogP contribution in [-0.4, -0.2) is 43.9 Å². The van der Waals surface area contributed by atoms with Crippen molar-refractivity contribution >= 4 is 5.97 Å². The van der Waals surface area contributed by atoms with Crippen LogP contribution in [-0.2, 0) is 9.68 Å². The summed E-state index contributed by atoms with van der Waals surface area (Å²) in [4.78, 5) is 12.5. The van der Waals surface area contributed by atoms with Crippen LogP contribution < -0.4 is 0 Å². The summed E-state index contributed by atoms with van der Waals surface area (Å²) in [6.07, 6.45) is 0. The molecular weight excluding hydrogens is 134 g/mol. The summed E-state index contributed by atoms with van der Waals surface area (Å²) < 4.78 is 1.00. The Balaban J connectivity index is 0. The van der Waals surface area contributed by atoms with Gasteiger partial charge in [-0.15, -0.1) is 0 Å². The summed E-state index contributed by atoms with van der Waals surface area (Å²) in [6.45, 7) is 1.11. The van der Waals surface area contributed by atoms with E-state index in [9.17, 15) is 4.79 Å². The fraction of sp³-hybridized carbons (Fsp3) is 0.833. The number of rotatable bonds is 0. The highest BCUT2D eigenvalue weighted by molar-refractivity contribution is 5.64. The van der Waals surface area contributed by atoms with Gasteiger partial charge in [-0.3, -0.25) is 0 Å². The Kier molecular flexibility index (Phi) is 6.29. The molecule has 0 fully saturated rings. The van der Waals surface area contributed by atoms with Gasteiger partial charge in [0.2, 0.25) is 0 Å². The molecule has 0 unspecified atom stereocenters. The molecule has 0 saturated heterocycles. The Bertz CT molecular complexity index is 89.7. The highest BCUT2D eigenvalue weighted by Crippen LogP contribution is 1.73. The molecule has 4 heteroatoms. The van der Waals surface area contributed by atoms with Crippen molar-refractivity contribution in [3.63, 3.8) is 0 Å². The molecule has 0 atom stereocenters. The molecule has 0 radical (unpaired) electrons. The Morgan fingerprint density at radius 2 is 1.40 bits per heavy atom. The van der Waals surface area contributed by atoms with Crippen LogP contribution in [0.4, 0.5) is 0 Å². The summed E-state index contributed by atoms with van der Waals surface area (Å²) in [5.74, 6) is -0.690. The molecule has 0 amide bonds. The number of carbonyl (C=O) groups excluding carboxylic acids is 1. The molecule has 0 aromatic heterocycles. The maximum absolute atomic E-state index is 9.34. The van der Waals surface area contributed by atoms with Gasteiger partial charge in [0.1, 0.15) is 0 Å². The van der Waals surface area contributed by atoms with E-state index < -0.39 is 5.97 Å². The number of nitrogens with zero attached hydrogens (tertiary/aromatic N) is 1. The lowest BCUT2D eigenvalue weighted by Gasteiger charge is -2.14. The van der Waals surface area contributed by atoms with Crippen LogP contribution >= 0.6 is 0 Å². The molecule has 0 saturated carbocycles. The van der Waals surface area contributed by atoms with Gasteiger partial charge in [-0.2, -0.15) is 5.26 Å². The number of hydrogen-bond acceptors (Lipinski definition) is 3. The lowest BCUT2D eigenvalue weighted by molar-refractivity contribution is -0.849. The fourth-order valence-corrected chi connectivity index (χ4v) is 0.